The van der Waals surface area contributed by atoms with Crippen molar-refractivity contribution in [3.05, 3.63) is 53.7 Å². The smallest absolute Gasteiger partial charge is 0.338 e. The number of anilines is 1. The Balaban J connectivity index is 1.93. The van der Waals surface area contributed by atoms with Gasteiger partial charge in [-0.1, -0.05) is 26.0 Å². The summed E-state index contributed by atoms with van der Waals surface area (Å²) in [4.78, 5) is 27.7. The molecule has 25 heavy (non-hydrogen) atoms. The summed E-state index contributed by atoms with van der Waals surface area (Å²) in [6.45, 7) is 6.05. The molecule has 0 saturated carbocycles. The predicted molar refractivity (Wildman–Crippen MR) is 94.8 cm³/mol. The number of nitrogens with one attached hydrogen (secondary N) is 1. The van der Waals surface area contributed by atoms with E-state index in [0.717, 1.165) is 5.56 Å². The number of rotatable bonds is 7. The third kappa shape index (κ3) is 5.60. The van der Waals surface area contributed by atoms with Gasteiger partial charge < -0.3 is 14.8 Å². The first-order valence-corrected chi connectivity index (χ1v) is 8.15. The number of benzene rings is 1. The highest BCUT2D eigenvalue weighted by molar-refractivity contribution is 5.94. The first-order chi connectivity index (χ1) is 12.0. The summed E-state index contributed by atoms with van der Waals surface area (Å²) >= 11 is 0. The summed E-state index contributed by atoms with van der Waals surface area (Å²) in [5, 5.41) is 2.60. The highest BCUT2D eigenvalue weighted by Crippen LogP contribution is 2.20. The van der Waals surface area contributed by atoms with Crippen molar-refractivity contribution in [3.8, 4) is 5.75 Å². The molecule has 6 heteroatoms. The van der Waals surface area contributed by atoms with Crippen LogP contribution in [0.5, 0.6) is 5.75 Å². The lowest BCUT2D eigenvalue weighted by molar-refractivity contribution is -0.118. The molecule has 6 nitrogen and oxygen atoms in total. The van der Waals surface area contributed by atoms with Crippen molar-refractivity contribution in [1.29, 1.82) is 0 Å². The van der Waals surface area contributed by atoms with Crippen LogP contribution in [0.25, 0.3) is 0 Å². The zero-order valence-corrected chi connectivity index (χ0v) is 14.6. The van der Waals surface area contributed by atoms with Crippen molar-refractivity contribution in [2.24, 2.45) is 0 Å². The minimum atomic E-state index is -0.456. The lowest BCUT2D eigenvalue weighted by Crippen LogP contribution is -2.21. The van der Waals surface area contributed by atoms with Gasteiger partial charge in [-0.05, 0) is 42.7 Å². The van der Waals surface area contributed by atoms with E-state index >= 15 is 0 Å². The lowest BCUT2D eigenvalue weighted by Gasteiger charge is -2.10. The number of aromatic nitrogens is 1. The quantitative estimate of drug-likeness (QED) is 0.780. The first-order valence-electron chi connectivity index (χ1n) is 8.15. The Kier molecular flexibility index (Phi) is 6.51. The standard InChI is InChI=1S/C19H22N2O4/c1-4-24-19(23)15-8-9-20-17(11-15)21-18(22)12-25-16-7-5-6-14(10-16)13(2)3/h5-11,13H,4,12H2,1-3H3,(H,20,21,22). The highest BCUT2D eigenvalue weighted by Gasteiger charge is 2.10. The maximum absolute atomic E-state index is 12.0. The molecule has 0 aliphatic rings. The summed E-state index contributed by atoms with van der Waals surface area (Å²) < 4.78 is 10.4. The summed E-state index contributed by atoms with van der Waals surface area (Å²) in [7, 11) is 0. The van der Waals surface area contributed by atoms with Crippen LogP contribution in [-0.4, -0.2) is 30.1 Å². The Hall–Kier alpha value is -2.89. The Labute approximate surface area is 147 Å². The van der Waals surface area contributed by atoms with Crippen molar-refractivity contribution in [1.82, 2.24) is 4.98 Å². The molecule has 0 unspecified atom stereocenters. The van der Waals surface area contributed by atoms with Gasteiger partial charge >= 0.3 is 5.97 Å². The monoisotopic (exact) mass is 342 g/mol. The second-order valence-electron chi connectivity index (χ2n) is 5.71. The van der Waals surface area contributed by atoms with Gasteiger partial charge in [0.1, 0.15) is 11.6 Å². The van der Waals surface area contributed by atoms with E-state index in [9.17, 15) is 9.59 Å². The first kappa shape index (κ1) is 18.4. The molecule has 0 radical (unpaired) electrons. The van der Waals surface area contributed by atoms with E-state index in [1.165, 1.54) is 18.3 Å². The number of pyridine rings is 1. The SMILES string of the molecule is CCOC(=O)c1ccnc(NC(=O)COc2cccc(C(C)C)c2)c1. The number of ether oxygens (including phenoxy) is 2. The van der Waals surface area contributed by atoms with E-state index in [-0.39, 0.29) is 24.9 Å². The van der Waals surface area contributed by atoms with Crippen LogP contribution in [0.15, 0.2) is 42.6 Å². The normalized spacial score (nSPS) is 10.4. The fraction of sp³-hybridized carbons (Fsp3) is 0.316. The topological polar surface area (TPSA) is 77.5 Å². The lowest BCUT2D eigenvalue weighted by atomic mass is 10.0. The molecule has 0 atom stereocenters. The van der Waals surface area contributed by atoms with E-state index in [2.05, 4.69) is 24.1 Å². The third-order valence-electron chi connectivity index (χ3n) is 3.43. The van der Waals surface area contributed by atoms with Crippen LogP contribution in [0.2, 0.25) is 0 Å². The number of nitrogens with zero attached hydrogens (tertiary/aromatic N) is 1. The number of amides is 1. The van der Waals surface area contributed by atoms with E-state index in [1.807, 2.05) is 18.2 Å². The fourth-order valence-corrected chi connectivity index (χ4v) is 2.13. The summed E-state index contributed by atoms with van der Waals surface area (Å²) in [5.74, 6) is 0.475. The molecule has 0 aliphatic heterocycles. The molecule has 0 bridgehead atoms. The van der Waals surface area contributed by atoms with Crippen LogP contribution < -0.4 is 10.1 Å². The molecule has 1 aromatic carbocycles. The Bertz CT molecular complexity index is 744. The maximum Gasteiger partial charge on any atom is 0.338 e. The van der Waals surface area contributed by atoms with Crippen LogP contribution in [0, 0.1) is 0 Å². The van der Waals surface area contributed by atoms with Gasteiger partial charge in [0.05, 0.1) is 12.2 Å². The van der Waals surface area contributed by atoms with Gasteiger partial charge in [-0.2, -0.15) is 0 Å². The zero-order valence-electron chi connectivity index (χ0n) is 14.6. The molecule has 1 heterocycles. The molecule has 0 saturated heterocycles. The Morgan fingerprint density at radius 3 is 2.72 bits per heavy atom. The molecule has 0 spiro atoms. The molecular weight excluding hydrogens is 320 g/mol. The van der Waals surface area contributed by atoms with E-state index in [0.29, 0.717) is 17.2 Å². The van der Waals surface area contributed by atoms with Crippen LogP contribution >= 0.6 is 0 Å². The van der Waals surface area contributed by atoms with Crippen molar-refractivity contribution >= 4 is 17.7 Å². The number of hydrogen-bond donors (Lipinski definition) is 1. The largest absolute Gasteiger partial charge is 0.484 e. The van der Waals surface area contributed by atoms with Crippen LogP contribution in [-0.2, 0) is 9.53 Å². The Morgan fingerprint density at radius 2 is 2.00 bits per heavy atom. The van der Waals surface area contributed by atoms with Crippen molar-refractivity contribution in [2.75, 3.05) is 18.5 Å². The number of hydrogen-bond acceptors (Lipinski definition) is 5. The van der Waals surface area contributed by atoms with Gasteiger partial charge in [-0.25, -0.2) is 9.78 Å². The second-order valence-corrected chi connectivity index (χ2v) is 5.71. The summed E-state index contributed by atoms with van der Waals surface area (Å²) in [6.07, 6.45) is 1.44. The minimum Gasteiger partial charge on any atom is -0.484 e. The average molecular weight is 342 g/mol. The van der Waals surface area contributed by atoms with Crippen molar-refractivity contribution < 1.29 is 19.1 Å². The average Bonchev–Trinajstić information content (AvgIpc) is 2.60. The number of esters is 1. The van der Waals surface area contributed by atoms with Gasteiger partial charge in [0.2, 0.25) is 0 Å². The van der Waals surface area contributed by atoms with Gasteiger partial charge in [0.15, 0.2) is 6.61 Å². The summed E-state index contributed by atoms with van der Waals surface area (Å²) in [6, 6.07) is 10.6. The Morgan fingerprint density at radius 1 is 1.20 bits per heavy atom. The molecule has 1 amide bonds. The van der Waals surface area contributed by atoms with Crippen LogP contribution in [0.4, 0.5) is 5.82 Å². The van der Waals surface area contributed by atoms with Gasteiger partial charge in [-0.3, -0.25) is 4.79 Å². The van der Waals surface area contributed by atoms with E-state index in [1.54, 1.807) is 13.0 Å². The minimum absolute atomic E-state index is 0.146. The van der Waals surface area contributed by atoms with E-state index in [4.69, 9.17) is 9.47 Å². The van der Waals surface area contributed by atoms with E-state index < -0.39 is 5.97 Å². The number of carbonyl (C=O) groups excluding carboxylic acids is 2. The molecular formula is C19H22N2O4. The van der Waals surface area contributed by atoms with Crippen molar-refractivity contribution in [3.63, 3.8) is 0 Å². The molecule has 2 aromatic rings. The zero-order chi connectivity index (χ0) is 18.2. The number of carbonyl (C=O) groups is 2. The van der Waals surface area contributed by atoms with Gasteiger partial charge in [0, 0.05) is 6.20 Å². The predicted octanol–water partition coefficient (Wildman–Crippen LogP) is 3.40. The third-order valence-corrected chi connectivity index (χ3v) is 3.43. The molecule has 132 valence electrons. The molecule has 0 fully saturated rings. The molecule has 2 rings (SSSR count). The van der Waals surface area contributed by atoms with Crippen LogP contribution in [0.1, 0.15) is 42.6 Å². The van der Waals surface area contributed by atoms with Gasteiger partial charge in [-0.15, -0.1) is 0 Å². The highest BCUT2D eigenvalue weighted by atomic mass is 16.5. The summed E-state index contributed by atoms with van der Waals surface area (Å²) in [5.41, 5.74) is 1.47. The fourth-order valence-electron chi connectivity index (χ4n) is 2.13. The molecule has 0 aliphatic carbocycles. The molecule has 1 aromatic heterocycles. The maximum atomic E-state index is 12.0. The molecule has 1 N–H and O–H groups in total. The van der Waals surface area contributed by atoms with Gasteiger partial charge in [0.25, 0.3) is 5.91 Å². The van der Waals surface area contributed by atoms with Crippen LogP contribution in [0.3, 0.4) is 0 Å². The van der Waals surface area contributed by atoms with Crippen molar-refractivity contribution in [2.45, 2.75) is 26.7 Å². The second kappa shape index (κ2) is 8.82.